The van der Waals surface area contributed by atoms with Crippen LogP contribution in [0.4, 0.5) is 0 Å². The maximum atomic E-state index is 5.55. The Bertz CT molecular complexity index is 157. The molecule has 0 aromatic heterocycles. The quantitative estimate of drug-likeness (QED) is 0.449. The van der Waals surface area contributed by atoms with Crippen LogP contribution in [0.25, 0.3) is 0 Å². The third-order valence-electron chi connectivity index (χ3n) is 0.737. The van der Waals surface area contributed by atoms with Crippen molar-refractivity contribution in [2.24, 2.45) is 0 Å². The summed E-state index contributed by atoms with van der Waals surface area (Å²) < 4.78 is 1.16. The van der Waals surface area contributed by atoms with Crippen molar-refractivity contribution < 1.29 is 0 Å². The monoisotopic (exact) mass is 237 g/mol. The van der Waals surface area contributed by atoms with Crippen LogP contribution in [-0.4, -0.2) is 0 Å². The highest BCUT2D eigenvalue weighted by Crippen LogP contribution is 2.16. The molecule has 0 bridgehead atoms. The van der Waals surface area contributed by atoms with Crippen LogP contribution in [-0.2, 0) is 0 Å². The van der Waals surface area contributed by atoms with Crippen LogP contribution in [0.3, 0.4) is 0 Å². The van der Waals surface area contributed by atoms with E-state index in [1.807, 2.05) is 18.2 Å². The fourth-order valence-electron chi connectivity index (χ4n) is 0.387. The first-order chi connectivity index (χ1) is 3.79. The summed E-state index contributed by atoms with van der Waals surface area (Å²) in [5.74, 6) is 0. The molecule has 0 fully saturated rings. The van der Waals surface area contributed by atoms with Crippen LogP contribution in [0.5, 0.6) is 0 Å². The molecule has 0 heterocycles. The van der Waals surface area contributed by atoms with Gasteiger partial charge < -0.3 is 0 Å². The largest absolute Gasteiger partial charge is 0.204 e. The second-order valence-electron chi connectivity index (χ2n) is 1.35. The second kappa shape index (κ2) is 2.62. The maximum absolute atomic E-state index is 5.55. The van der Waals surface area contributed by atoms with Gasteiger partial charge >= 0.3 is 0 Å². The second-order valence-corrected chi connectivity index (χ2v) is 3.01. The van der Waals surface area contributed by atoms with Crippen molar-refractivity contribution >= 4 is 34.2 Å². The molecule has 0 saturated carbocycles. The smallest absolute Gasteiger partial charge is 0.0427 e. The Hall–Kier alpha value is 0.150. The molecule has 0 saturated heterocycles. The van der Waals surface area contributed by atoms with E-state index in [4.69, 9.17) is 11.6 Å². The van der Waals surface area contributed by atoms with E-state index in [1.165, 1.54) is 0 Å². The van der Waals surface area contributed by atoms with Gasteiger partial charge in [0.05, 0.1) is 18.2 Å². The van der Waals surface area contributed by atoms with Gasteiger partial charge in [0.1, 0.15) is 9.66 Å². The first-order valence-corrected chi connectivity index (χ1v) is 3.57. The lowest BCUT2D eigenvalue weighted by Crippen LogP contribution is -1.71. The van der Waals surface area contributed by atoms with Crippen LogP contribution in [0, 0.1) is 6.08 Å². The van der Waals surface area contributed by atoms with Gasteiger partial charge in [-0.1, -0.05) is 0 Å². The minimum absolute atomic E-state index is 0.672. The normalized spacial score (nSPS) is 16.8. The Kier molecular flexibility index (Phi) is 2.06. The SMILES string of the molecule is ClC1=[C+]C=C(I)C=C1. The van der Waals surface area contributed by atoms with Crippen molar-refractivity contribution in [3.63, 3.8) is 0 Å². The molecule has 0 aromatic rings. The zero-order valence-corrected chi connectivity index (χ0v) is 6.90. The number of halogens is 2. The molecule has 0 aromatic carbocycles. The van der Waals surface area contributed by atoms with Gasteiger partial charge in [0, 0.05) is 22.6 Å². The minimum Gasteiger partial charge on any atom is -0.0427 e. The molecule has 0 unspecified atom stereocenters. The van der Waals surface area contributed by atoms with Gasteiger partial charge in [0.15, 0.2) is 0 Å². The van der Waals surface area contributed by atoms with Crippen molar-refractivity contribution in [3.05, 3.63) is 32.9 Å². The van der Waals surface area contributed by atoms with Crippen molar-refractivity contribution in [1.29, 1.82) is 0 Å². The average molecular weight is 237 g/mol. The summed E-state index contributed by atoms with van der Waals surface area (Å²) in [6, 6.07) is 0. The highest BCUT2D eigenvalue weighted by Gasteiger charge is 2.02. The summed E-state index contributed by atoms with van der Waals surface area (Å²) in [7, 11) is 0. The molecule has 0 amide bonds. The lowest BCUT2D eigenvalue weighted by Gasteiger charge is -1.81. The molecule has 8 heavy (non-hydrogen) atoms. The third kappa shape index (κ3) is 1.58. The number of hydrogen-bond acceptors (Lipinski definition) is 0. The number of allylic oxidation sites excluding steroid dienone is 6. The Morgan fingerprint density at radius 1 is 1.50 bits per heavy atom. The van der Waals surface area contributed by atoms with Gasteiger partial charge in [0.25, 0.3) is 0 Å². The van der Waals surface area contributed by atoms with Gasteiger partial charge in [-0.2, -0.15) is 0 Å². The summed E-state index contributed by atoms with van der Waals surface area (Å²) in [6.45, 7) is 0. The summed E-state index contributed by atoms with van der Waals surface area (Å²) in [5, 5.41) is 0.672. The molecule has 1 rings (SSSR count). The fraction of sp³-hybridized carbons (Fsp3) is 0. The van der Waals surface area contributed by atoms with E-state index in [-0.39, 0.29) is 0 Å². The van der Waals surface area contributed by atoms with E-state index in [0.717, 1.165) is 3.58 Å². The third-order valence-corrected chi connectivity index (χ3v) is 1.64. The van der Waals surface area contributed by atoms with E-state index in [0.29, 0.717) is 5.03 Å². The van der Waals surface area contributed by atoms with Crippen LogP contribution < -0.4 is 0 Å². The van der Waals surface area contributed by atoms with Crippen LogP contribution in [0.15, 0.2) is 26.8 Å². The van der Waals surface area contributed by atoms with Gasteiger partial charge in [-0.3, -0.25) is 0 Å². The summed E-state index contributed by atoms with van der Waals surface area (Å²) in [4.78, 5) is 0. The van der Waals surface area contributed by atoms with E-state index >= 15 is 0 Å². The zero-order chi connectivity index (χ0) is 5.98. The molecule has 1 aliphatic carbocycles. The van der Waals surface area contributed by atoms with Crippen LogP contribution in [0.2, 0.25) is 0 Å². The summed E-state index contributed by atoms with van der Waals surface area (Å²) in [5.41, 5.74) is 0. The Balaban J connectivity index is 2.86. The first-order valence-electron chi connectivity index (χ1n) is 2.12. The molecule has 0 aliphatic heterocycles. The van der Waals surface area contributed by atoms with Gasteiger partial charge in [-0.15, -0.1) is 0 Å². The van der Waals surface area contributed by atoms with E-state index in [1.54, 1.807) is 0 Å². The number of hydrogen-bond donors (Lipinski definition) is 0. The van der Waals surface area contributed by atoms with E-state index in [2.05, 4.69) is 28.7 Å². The predicted octanol–water partition coefficient (Wildman–Crippen LogP) is 2.80. The van der Waals surface area contributed by atoms with Crippen molar-refractivity contribution in [2.75, 3.05) is 0 Å². The van der Waals surface area contributed by atoms with E-state index < -0.39 is 0 Å². The molecular weight excluding hydrogens is 234 g/mol. The Labute approximate surface area is 67.1 Å². The van der Waals surface area contributed by atoms with E-state index in [9.17, 15) is 0 Å². The minimum atomic E-state index is 0.672. The standard InChI is InChI=1S/C6H3ClI/c7-5-1-3-6(8)4-2-5/h1,3-4H/q+1. The topological polar surface area (TPSA) is 0 Å². The van der Waals surface area contributed by atoms with Crippen LogP contribution >= 0.6 is 34.2 Å². The maximum Gasteiger partial charge on any atom is 0.204 e. The lowest BCUT2D eigenvalue weighted by molar-refractivity contribution is 1.70. The first kappa shape index (κ1) is 6.27. The Morgan fingerprint density at radius 2 is 2.25 bits per heavy atom. The molecule has 0 N–H and O–H groups in total. The van der Waals surface area contributed by atoms with Crippen LogP contribution in [0.1, 0.15) is 0 Å². The highest BCUT2D eigenvalue weighted by atomic mass is 127. The molecular formula is C6H3ClI+. The van der Waals surface area contributed by atoms with Gasteiger partial charge in [-0.25, -0.2) is 0 Å². The lowest BCUT2D eigenvalue weighted by atomic mass is 10.3. The molecule has 2 heteroatoms. The van der Waals surface area contributed by atoms with Crippen molar-refractivity contribution in [1.82, 2.24) is 0 Å². The van der Waals surface area contributed by atoms with Gasteiger partial charge in [-0.05, 0) is 11.6 Å². The molecule has 0 radical (unpaired) electrons. The summed E-state index contributed by atoms with van der Waals surface area (Å²) in [6.07, 6.45) is 8.47. The molecule has 1 aliphatic rings. The fourth-order valence-corrected chi connectivity index (χ4v) is 0.840. The number of rotatable bonds is 0. The molecule has 0 atom stereocenters. The highest BCUT2D eigenvalue weighted by molar-refractivity contribution is 14.1. The molecule has 40 valence electrons. The van der Waals surface area contributed by atoms with Crippen molar-refractivity contribution in [2.45, 2.75) is 0 Å². The Morgan fingerprint density at radius 3 is 2.62 bits per heavy atom. The average Bonchev–Trinajstić information content (AvgIpc) is 1.77. The zero-order valence-electron chi connectivity index (χ0n) is 3.99. The summed E-state index contributed by atoms with van der Waals surface area (Å²) >= 11 is 7.76. The molecule has 0 spiro atoms. The predicted molar refractivity (Wildman–Crippen MR) is 43.9 cm³/mol. The van der Waals surface area contributed by atoms with Gasteiger partial charge in [0.2, 0.25) is 5.03 Å². The van der Waals surface area contributed by atoms with Crippen molar-refractivity contribution in [3.8, 4) is 0 Å². The molecule has 0 nitrogen and oxygen atoms in total.